The summed E-state index contributed by atoms with van der Waals surface area (Å²) in [5.41, 5.74) is 1.00. The third-order valence-corrected chi connectivity index (χ3v) is 4.15. The molecule has 0 aliphatic carbocycles. The van der Waals surface area contributed by atoms with Crippen molar-refractivity contribution in [2.75, 3.05) is 18.8 Å². The van der Waals surface area contributed by atoms with Gasteiger partial charge in [0.25, 0.3) is 0 Å². The Morgan fingerprint density at radius 2 is 2.22 bits per heavy atom. The number of rotatable bonds is 3. The molecule has 3 nitrogen and oxygen atoms in total. The largest absolute Gasteiger partial charge is 0.488 e. The second kappa shape index (κ2) is 6.06. The first-order valence-electron chi connectivity index (χ1n) is 6.04. The van der Waals surface area contributed by atoms with Crippen molar-refractivity contribution in [2.45, 2.75) is 18.7 Å². The van der Waals surface area contributed by atoms with Crippen molar-refractivity contribution >= 4 is 24.3 Å². The highest BCUT2D eigenvalue weighted by molar-refractivity contribution is 7.99. The fraction of sp³-hybridized carbons (Fsp3) is 0.500. The van der Waals surface area contributed by atoms with E-state index in [4.69, 9.17) is 10.0 Å². The van der Waals surface area contributed by atoms with E-state index in [1.165, 1.54) is 6.07 Å². The fourth-order valence-electron chi connectivity index (χ4n) is 2.21. The lowest BCUT2D eigenvalue weighted by molar-refractivity contribution is 0.278. The molecule has 0 saturated carbocycles. The summed E-state index contributed by atoms with van der Waals surface area (Å²) in [6.45, 7) is 4.81. The molecule has 2 rings (SSSR count). The van der Waals surface area contributed by atoms with Gasteiger partial charge in [-0.1, -0.05) is 13.0 Å². The second-order valence-corrected chi connectivity index (χ2v) is 6.23. The lowest BCUT2D eigenvalue weighted by Gasteiger charge is -2.30. The third-order valence-electron chi connectivity index (χ3n) is 3.01. The van der Waals surface area contributed by atoms with Crippen molar-refractivity contribution in [1.29, 1.82) is 0 Å². The van der Waals surface area contributed by atoms with Crippen molar-refractivity contribution in [2.24, 2.45) is 0 Å². The minimum atomic E-state index is -1.62. The molecule has 0 spiro atoms. The molecule has 1 atom stereocenters. The smallest absolute Gasteiger partial charge is 0.423 e. The van der Waals surface area contributed by atoms with Crippen LogP contribution < -0.4 is 5.46 Å². The summed E-state index contributed by atoms with van der Waals surface area (Å²) in [6, 6.07) is 4.27. The van der Waals surface area contributed by atoms with E-state index in [-0.39, 0.29) is 5.46 Å². The lowest BCUT2D eigenvalue weighted by atomic mass is 9.79. The first-order valence-corrected chi connectivity index (χ1v) is 7.09. The van der Waals surface area contributed by atoms with Crippen molar-refractivity contribution in [1.82, 2.24) is 4.90 Å². The molecule has 1 heterocycles. The van der Waals surface area contributed by atoms with Crippen LogP contribution in [0.25, 0.3) is 0 Å². The van der Waals surface area contributed by atoms with E-state index in [2.05, 4.69) is 11.8 Å². The minimum absolute atomic E-state index is 0.212. The van der Waals surface area contributed by atoms with Crippen molar-refractivity contribution in [3.8, 4) is 0 Å². The van der Waals surface area contributed by atoms with Gasteiger partial charge in [0.15, 0.2) is 0 Å². The van der Waals surface area contributed by atoms with Crippen LogP contribution >= 0.6 is 11.8 Å². The molecule has 1 unspecified atom stereocenters. The zero-order valence-corrected chi connectivity index (χ0v) is 11.2. The van der Waals surface area contributed by atoms with E-state index in [9.17, 15) is 4.39 Å². The van der Waals surface area contributed by atoms with Crippen LogP contribution in [0.2, 0.25) is 0 Å². The monoisotopic (exact) mass is 269 g/mol. The van der Waals surface area contributed by atoms with E-state index >= 15 is 0 Å². The zero-order chi connectivity index (χ0) is 13.1. The van der Waals surface area contributed by atoms with Crippen LogP contribution in [0.3, 0.4) is 0 Å². The first-order chi connectivity index (χ1) is 8.54. The lowest BCUT2D eigenvalue weighted by Crippen LogP contribution is -2.37. The Hall–Kier alpha value is -0.555. The van der Waals surface area contributed by atoms with Gasteiger partial charge in [-0.15, -0.1) is 0 Å². The highest BCUT2D eigenvalue weighted by Crippen LogP contribution is 2.19. The maximum Gasteiger partial charge on any atom is 0.488 e. The van der Waals surface area contributed by atoms with E-state index in [1.807, 2.05) is 11.8 Å². The summed E-state index contributed by atoms with van der Waals surface area (Å²) in [5.74, 6) is 0.668. The molecule has 1 aromatic carbocycles. The third kappa shape index (κ3) is 3.72. The first kappa shape index (κ1) is 13.9. The van der Waals surface area contributed by atoms with Gasteiger partial charge in [-0.3, -0.25) is 4.90 Å². The number of nitrogens with zero attached hydrogens (tertiary/aromatic N) is 1. The average Bonchev–Trinajstić information content (AvgIpc) is 2.28. The Kier molecular flexibility index (Phi) is 4.67. The number of hydrogen-bond donors (Lipinski definition) is 2. The van der Waals surface area contributed by atoms with Gasteiger partial charge in [0.2, 0.25) is 0 Å². The van der Waals surface area contributed by atoms with Gasteiger partial charge in [-0.25, -0.2) is 4.39 Å². The number of benzene rings is 1. The van der Waals surface area contributed by atoms with Crippen LogP contribution in [0.15, 0.2) is 18.2 Å². The second-order valence-electron chi connectivity index (χ2n) is 4.68. The standard InChI is InChI=1S/C12H17BFNO2S/c1-9-7-15(2-3-18-9)8-10-4-11(13(16)17)6-12(14)5-10/h4-6,9,16-17H,2-3,7-8H2,1H3. The maximum absolute atomic E-state index is 13.4. The molecule has 18 heavy (non-hydrogen) atoms. The quantitative estimate of drug-likeness (QED) is 0.782. The van der Waals surface area contributed by atoms with Crippen molar-refractivity contribution in [3.05, 3.63) is 29.6 Å². The molecule has 6 heteroatoms. The normalized spacial score (nSPS) is 21.0. The highest BCUT2D eigenvalue weighted by atomic mass is 32.2. The molecule has 1 aliphatic heterocycles. The summed E-state index contributed by atoms with van der Waals surface area (Å²) in [5, 5.41) is 18.8. The van der Waals surface area contributed by atoms with Gasteiger partial charge in [-0.05, 0) is 23.2 Å². The van der Waals surface area contributed by atoms with Gasteiger partial charge in [0.1, 0.15) is 5.82 Å². The molecule has 1 aliphatic rings. The SMILES string of the molecule is CC1CN(Cc2cc(F)cc(B(O)O)c2)CCS1. The highest BCUT2D eigenvalue weighted by Gasteiger charge is 2.18. The molecular formula is C12H17BFNO2S. The van der Waals surface area contributed by atoms with Gasteiger partial charge in [0.05, 0.1) is 0 Å². The Morgan fingerprint density at radius 1 is 1.44 bits per heavy atom. The number of hydrogen-bond acceptors (Lipinski definition) is 4. The molecule has 0 bridgehead atoms. The summed E-state index contributed by atoms with van der Waals surface area (Å²) < 4.78 is 13.4. The van der Waals surface area contributed by atoms with Crippen LogP contribution in [0.5, 0.6) is 0 Å². The molecule has 0 aromatic heterocycles. The molecule has 0 amide bonds. The zero-order valence-electron chi connectivity index (χ0n) is 10.3. The topological polar surface area (TPSA) is 43.7 Å². The van der Waals surface area contributed by atoms with E-state index in [0.29, 0.717) is 11.8 Å². The van der Waals surface area contributed by atoms with Crippen LogP contribution in [-0.4, -0.2) is 46.2 Å². The van der Waals surface area contributed by atoms with Crippen LogP contribution in [0.4, 0.5) is 4.39 Å². The van der Waals surface area contributed by atoms with E-state index < -0.39 is 12.9 Å². The predicted molar refractivity (Wildman–Crippen MR) is 73.4 cm³/mol. The van der Waals surface area contributed by atoms with Crippen LogP contribution in [-0.2, 0) is 6.54 Å². The molecular weight excluding hydrogens is 252 g/mol. The Balaban J connectivity index is 2.08. The van der Waals surface area contributed by atoms with Crippen molar-refractivity contribution < 1.29 is 14.4 Å². The molecule has 1 aromatic rings. The van der Waals surface area contributed by atoms with Crippen LogP contribution in [0, 0.1) is 5.82 Å². The molecule has 98 valence electrons. The maximum atomic E-state index is 13.4. The summed E-state index contributed by atoms with van der Waals surface area (Å²) in [6.07, 6.45) is 0. The van der Waals surface area contributed by atoms with Gasteiger partial charge in [-0.2, -0.15) is 11.8 Å². The van der Waals surface area contributed by atoms with E-state index in [0.717, 1.165) is 30.5 Å². The summed E-state index contributed by atoms with van der Waals surface area (Å²) in [7, 11) is -1.62. The number of thioether (sulfide) groups is 1. The van der Waals surface area contributed by atoms with Gasteiger partial charge < -0.3 is 10.0 Å². The Morgan fingerprint density at radius 3 is 2.89 bits per heavy atom. The van der Waals surface area contributed by atoms with Crippen LogP contribution in [0.1, 0.15) is 12.5 Å². The fourth-order valence-corrected chi connectivity index (χ4v) is 3.29. The molecule has 1 saturated heterocycles. The van der Waals surface area contributed by atoms with Gasteiger partial charge in [0, 0.05) is 30.6 Å². The summed E-state index contributed by atoms with van der Waals surface area (Å²) >= 11 is 1.95. The average molecular weight is 269 g/mol. The van der Waals surface area contributed by atoms with E-state index in [1.54, 1.807) is 6.07 Å². The van der Waals surface area contributed by atoms with Gasteiger partial charge >= 0.3 is 7.12 Å². The minimum Gasteiger partial charge on any atom is -0.423 e. The Bertz CT molecular complexity index is 419. The molecule has 0 radical (unpaired) electrons. The molecule has 1 fully saturated rings. The summed E-state index contributed by atoms with van der Waals surface area (Å²) in [4.78, 5) is 2.27. The molecule has 2 N–H and O–H groups in total. The van der Waals surface area contributed by atoms with Crippen molar-refractivity contribution in [3.63, 3.8) is 0 Å². The predicted octanol–water partition coefficient (Wildman–Crippen LogP) is 0.443. The Labute approximate surface area is 111 Å². The number of halogens is 1.